The minimum Gasteiger partial charge on any atom is -0.462 e. The van der Waals surface area contributed by atoms with Crippen molar-refractivity contribution in [2.75, 3.05) is 39.6 Å². The van der Waals surface area contributed by atoms with Gasteiger partial charge in [-0.3, -0.25) is 37.3 Å². The zero-order valence-corrected chi connectivity index (χ0v) is 69.6. The fourth-order valence-electron chi connectivity index (χ4n) is 10.1. The van der Waals surface area contributed by atoms with E-state index in [4.69, 9.17) is 37.0 Å². The van der Waals surface area contributed by atoms with Crippen LogP contribution in [0.1, 0.15) is 285 Å². The number of unbranched alkanes of at least 4 members (excludes halogenated alkanes) is 15. The summed E-state index contributed by atoms with van der Waals surface area (Å²) in [6.07, 6.45) is 101. The van der Waals surface area contributed by atoms with E-state index in [1.807, 2.05) is 36.5 Å². The third kappa shape index (κ3) is 79.7. The molecule has 0 rings (SSSR count). The van der Waals surface area contributed by atoms with Crippen molar-refractivity contribution < 1.29 is 80.2 Å². The summed E-state index contributed by atoms with van der Waals surface area (Å²) in [5.41, 5.74) is 0. The maximum atomic E-state index is 13.1. The van der Waals surface area contributed by atoms with Crippen LogP contribution in [0.4, 0.5) is 0 Å². The molecule has 5 unspecified atom stereocenters. The molecule has 0 radical (unpaired) electrons. The quantitative estimate of drug-likeness (QED) is 0.0169. The molecule has 0 saturated carbocycles. The van der Waals surface area contributed by atoms with Crippen LogP contribution < -0.4 is 0 Å². The predicted molar refractivity (Wildman–Crippen MR) is 454 cm³/mol. The second kappa shape index (κ2) is 80.7. The molecule has 0 aromatic rings. The van der Waals surface area contributed by atoms with Crippen LogP contribution in [0.5, 0.6) is 0 Å². The minimum absolute atomic E-state index is 0.0113. The molecule has 5 atom stereocenters. The van der Waals surface area contributed by atoms with Gasteiger partial charge in [-0.2, -0.15) is 0 Å². The Morgan fingerprint density at radius 3 is 0.800 bits per heavy atom. The lowest BCUT2D eigenvalue weighted by Gasteiger charge is -2.21. The number of phosphoric acid groups is 2. The number of hydrogen-bond donors (Lipinski definition) is 3. The van der Waals surface area contributed by atoms with Crippen LogP contribution in [0.25, 0.3) is 0 Å². The Bertz CT molecular complexity index is 2900. The van der Waals surface area contributed by atoms with Crippen LogP contribution in [-0.4, -0.2) is 96.7 Å². The number of ether oxygens (including phenoxy) is 4. The van der Waals surface area contributed by atoms with Crippen LogP contribution in [-0.2, 0) is 65.4 Å². The second-order valence-corrected chi connectivity index (χ2v) is 29.5. The maximum absolute atomic E-state index is 13.1. The first kappa shape index (κ1) is 104. The third-order valence-electron chi connectivity index (χ3n) is 16.3. The molecule has 0 heterocycles. The smallest absolute Gasteiger partial charge is 0.462 e. The molecule has 0 aliphatic rings. The molecule has 0 aromatic carbocycles. The van der Waals surface area contributed by atoms with Gasteiger partial charge < -0.3 is 33.8 Å². The Hall–Kier alpha value is -6.36. The van der Waals surface area contributed by atoms with Crippen molar-refractivity contribution in [3.8, 4) is 0 Å². The van der Waals surface area contributed by atoms with Crippen molar-refractivity contribution in [2.24, 2.45) is 0 Å². The van der Waals surface area contributed by atoms with Crippen molar-refractivity contribution in [1.82, 2.24) is 0 Å². The molecule has 17 nitrogen and oxygen atoms in total. The summed E-state index contributed by atoms with van der Waals surface area (Å²) in [5, 5.41) is 10.7. The summed E-state index contributed by atoms with van der Waals surface area (Å²) in [7, 11) is -10.0. The number of esters is 4. The topological polar surface area (TPSA) is 237 Å². The van der Waals surface area contributed by atoms with E-state index >= 15 is 0 Å². The standard InChI is InChI=1S/C91H144O17P2/c1-5-9-13-17-21-25-29-33-36-39-42-45-48-52-55-59-63-67-71-75-88(93)101-81-86(107-90(95)77-73-69-65-61-57-51-32-28-24-20-16-12-8-4)83-105-109(97,98)103-79-85(92)80-104-110(99,100)106-84-87(108-91(96)78-74-70-66-62-58-54-50-47-44-41-38-35-31-27-23-19-15-11-7-3)82-102-89(94)76-72-68-64-60-56-53-49-46-43-40-37-34-30-26-22-18-14-10-6-2/h9-11,13-15,21-23,25-27,33-38,42-47,52-56,58,64,66,68,70,85-87,92H,5-8,12,16-20,24,28-32,39-41,48-51,57,59-63,65,67,69,71-84H2,1-4H3,(H,97,98)(H,99,100)/b13-9-,14-10-,15-11-,25-21-,26-22-,27-23-,36-33-,37-34-,38-35-,45-42-,46-43-,47-44-,55-52-,56-53-,58-54-,68-64-,70-66-. The van der Waals surface area contributed by atoms with Gasteiger partial charge in [0.15, 0.2) is 12.2 Å². The van der Waals surface area contributed by atoms with Gasteiger partial charge in [0.2, 0.25) is 0 Å². The molecule has 0 aliphatic carbocycles. The second-order valence-electron chi connectivity index (χ2n) is 26.6. The molecule has 0 bridgehead atoms. The van der Waals surface area contributed by atoms with Gasteiger partial charge in [0.1, 0.15) is 19.3 Å². The van der Waals surface area contributed by atoms with Gasteiger partial charge in [0.25, 0.3) is 0 Å². The van der Waals surface area contributed by atoms with E-state index in [2.05, 4.69) is 198 Å². The summed E-state index contributed by atoms with van der Waals surface area (Å²) in [4.78, 5) is 73.1. The zero-order chi connectivity index (χ0) is 80.3. The lowest BCUT2D eigenvalue weighted by Crippen LogP contribution is -2.30. The maximum Gasteiger partial charge on any atom is 0.472 e. The highest BCUT2D eigenvalue weighted by Crippen LogP contribution is 2.45. The highest BCUT2D eigenvalue weighted by atomic mass is 31.2. The van der Waals surface area contributed by atoms with Crippen molar-refractivity contribution in [2.45, 2.75) is 303 Å². The molecule has 19 heteroatoms. The Morgan fingerprint density at radius 2 is 0.491 bits per heavy atom. The van der Waals surface area contributed by atoms with Gasteiger partial charge in [-0.15, -0.1) is 0 Å². The van der Waals surface area contributed by atoms with E-state index < -0.39 is 97.5 Å². The van der Waals surface area contributed by atoms with Gasteiger partial charge in [-0.05, 0) is 148 Å². The van der Waals surface area contributed by atoms with Gasteiger partial charge in [0, 0.05) is 25.7 Å². The Morgan fingerprint density at radius 1 is 0.264 bits per heavy atom. The van der Waals surface area contributed by atoms with Crippen LogP contribution in [0.3, 0.4) is 0 Å². The average Bonchev–Trinajstić information content (AvgIpc) is 0.900. The lowest BCUT2D eigenvalue weighted by molar-refractivity contribution is -0.161. The number of rotatable bonds is 75. The molecule has 0 aromatic heterocycles. The molecule has 0 saturated heterocycles. The molecule has 3 N–H and O–H groups in total. The van der Waals surface area contributed by atoms with Crippen molar-refractivity contribution in [3.63, 3.8) is 0 Å². The van der Waals surface area contributed by atoms with Crippen molar-refractivity contribution in [1.29, 1.82) is 0 Å². The van der Waals surface area contributed by atoms with E-state index in [0.717, 1.165) is 141 Å². The number of phosphoric ester groups is 2. The largest absolute Gasteiger partial charge is 0.472 e. The first-order valence-corrected chi connectivity index (χ1v) is 44.3. The fourth-order valence-corrected chi connectivity index (χ4v) is 11.7. The predicted octanol–water partition coefficient (Wildman–Crippen LogP) is 24.7. The van der Waals surface area contributed by atoms with E-state index in [0.29, 0.717) is 38.5 Å². The van der Waals surface area contributed by atoms with Gasteiger partial charge in [-0.1, -0.05) is 318 Å². The van der Waals surface area contributed by atoms with Gasteiger partial charge in [0.05, 0.1) is 26.4 Å². The summed E-state index contributed by atoms with van der Waals surface area (Å²) in [6, 6.07) is 0. The van der Waals surface area contributed by atoms with Gasteiger partial charge >= 0.3 is 39.5 Å². The van der Waals surface area contributed by atoms with Gasteiger partial charge in [-0.25, -0.2) is 9.13 Å². The highest BCUT2D eigenvalue weighted by molar-refractivity contribution is 7.47. The van der Waals surface area contributed by atoms with E-state index in [-0.39, 0.29) is 25.7 Å². The number of hydrogen-bond acceptors (Lipinski definition) is 15. The number of carbonyl (C=O) groups is 4. The number of aliphatic hydroxyl groups excluding tert-OH is 1. The Kier molecular flexibility index (Phi) is 76.0. The Balaban J connectivity index is 5.55. The Labute approximate surface area is 665 Å². The molecular weight excluding hydrogens is 1430 g/mol. The highest BCUT2D eigenvalue weighted by Gasteiger charge is 2.30. The van der Waals surface area contributed by atoms with E-state index in [1.165, 1.54) is 51.4 Å². The third-order valence-corrected chi connectivity index (χ3v) is 18.2. The van der Waals surface area contributed by atoms with Crippen LogP contribution in [0.2, 0.25) is 0 Å². The molecule has 0 fully saturated rings. The number of allylic oxidation sites excluding steroid dienone is 34. The molecular formula is C91H144O17P2. The van der Waals surface area contributed by atoms with Crippen molar-refractivity contribution >= 4 is 39.5 Å². The molecule has 0 amide bonds. The summed E-state index contributed by atoms with van der Waals surface area (Å²) < 4.78 is 68.5. The summed E-state index contributed by atoms with van der Waals surface area (Å²) >= 11 is 0. The van der Waals surface area contributed by atoms with E-state index in [9.17, 15) is 43.2 Å². The van der Waals surface area contributed by atoms with Crippen LogP contribution >= 0.6 is 15.6 Å². The first-order chi connectivity index (χ1) is 53.7. The normalized spacial score (nSPS) is 14.9. The minimum atomic E-state index is -5.03. The average molecular weight is 1570 g/mol. The SMILES string of the molecule is CC/C=C\C/C=C\C/C=C\C/C=C\C/C=C\C/C=C\CCC(=O)OCC(COP(=O)(O)OCC(O)COP(=O)(O)OCC(COC(=O)CCCCC/C=C\C/C=C\C/C=C\C/C=C\C/C=C\CC)OC(=O)CCCCCCCCCCCCCCC)OC(=O)CC/C=C\C/C=C\C/C=C\C/C=C\C/C=C\C/C=C\CC. The summed E-state index contributed by atoms with van der Waals surface area (Å²) in [6.45, 7) is 4.30. The van der Waals surface area contributed by atoms with Crippen LogP contribution in [0.15, 0.2) is 207 Å². The van der Waals surface area contributed by atoms with Crippen LogP contribution in [0, 0.1) is 0 Å². The number of carbonyl (C=O) groups excluding carboxylic acids is 4. The monoisotopic (exact) mass is 1570 g/mol. The summed E-state index contributed by atoms with van der Waals surface area (Å²) in [5.74, 6) is -2.43. The zero-order valence-electron chi connectivity index (χ0n) is 67.8. The molecule has 110 heavy (non-hydrogen) atoms. The fraction of sp³-hybridized carbons (Fsp3) is 0.582. The first-order valence-electron chi connectivity index (χ1n) is 41.3. The lowest BCUT2D eigenvalue weighted by atomic mass is 10.0. The molecule has 0 aliphatic heterocycles. The molecule has 620 valence electrons. The number of aliphatic hydroxyl groups is 1. The molecule has 0 spiro atoms. The van der Waals surface area contributed by atoms with Crippen molar-refractivity contribution in [3.05, 3.63) is 207 Å². The van der Waals surface area contributed by atoms with E-state index in [1.54, 1.807) is 0 Å².